The van der Waals surface area contributed by atoms with Crippen molar-refractivity contribution >= 4 is 44.8 Å². The second-order valence-electron chi connectivity index (χ2n) is 3.82. The molecule has 0 aliphatic carbocycles. The minimum Gasteiger partial charge on any atom is -0.345 e. The molecule has 0 radical (unpaired) electrons. The minimum absolute atomic E-state index is 0.0612. The fraction of sp³-hybridized carbons (Fsp3) is 0.154. The number of rotatable bonds is 3. The summed E-state index contributed by atoms with van der Waals surface area (Å²) in [4.78, 5) is 12.6. The normalized spacial score (nSPS) is 12.2. The number of amides is 1. The predicted molar refractivity (Wildman–Crippen MR) is 79.4 cm³/mol. The number of halogens is 2. The van der Waals surface area contributed by atoms with E-state index in [-0.39, 0.29) is 11.9 Å². The third kappa shape index (κ3) is 3.13. The van der Waals surface area contributed by atoms with Gasteiger partial charge in [0.05, 0.1) is 15.3 Å². The van der Waals surface area contributed by atoms with Crippen LogP contribution in [0.25, 0.3) is 0 Å². The highest BCUT2D eigenvalue weighted by atomic mass is 79.9. The van der Waals surface area contributed by atoms with Gasteiger partial charge in [-0.25, -0.2) is 0 Å². The van der Waals surface area contributed by atoms with Gasteiger partial charge in [-0.1, -0.05) is 45.7 Å². The second kappa shape index (κ2) is 5.87. The average Bonchev–Trinajstić information content (AvgIpc) is 2.76. The van der Waals surface area contributed by atoms with E-state index in [0.29, 0.717) is 9.21 Å². The minimum atomic E-state index is -0.102. The predicted octanol–water partition coefficient (Wildman–Crippen LogP) is 4.66. The topological polar surface area (TPSA) is 29.1 Å². The van der Waals surface area contributed by atoms with E-state index in [4.69, 9.17) is 11.6 Å². The number of thiophene rings is 1. The first-order chi connectivity index (χ1) is 8.58. The van der Waals surface area contributed by atoms with Gasteiger partial charge < -0.3 is 5.32 Å². The molecule has 2 nitrogen and oxygen atoms in total. The first-order valence-corrected chi connectivity index (χ1v) is 7.37. The Morgan fingerprint density at radius 2 is 2.06 bits per heavy atom. The van der Waals surface area contributed by atoms with E-state index in [9.17, 15) is 4.79 Å². The molecule has 0 saturated carbocycles. The summed E-state index contributed by atoms with van der Waals surface area (Å²) in [5, 5.41) is 2.95. The van der Waals surface area contributed by atoms with Gasteiger partial charge in [0.2, 0.25) is 0 Å². The molecule has 2 rings (SSSR count). The number of hydrogen-bond acceptors (Lipinski definition) is 2. The lowest BCUT2D eigenvalue weighted by Gasteiger charge is -2.15. The molecule has 18 heavy (non-hydrogen) atoms. The molecule has 1 aromatic heterocycles. The van der Waals surface area contributed by atoms with Crippen LogP contribution in [0, 0.1) is 0 Å². The molecule has 5 heteroatoms. The smallest absolute Gasteiger partial charge is 0.261 e. The van der Waals surface area contributed by atoms with Gasteiger partial charge in [-0.3, -0.25) is 4.79 Å². The lowest BCUT2D eigenvalue weighted by molar-refractivity contribution is 0.0944. The molecule has 0 aliphatic heterocycles. The van der Waals surface area contributed by atoms with E-state index in [1.165, 1.54) is 11.3 Å². The van der Waals surface area contributed by atoms with Crippen molar-refractivity contribution in [2.45, 2.75) is 13.0 Å². The molecule has 1 atom stereocenters. The van der Waals surface area contributed by atoms with E-state index in [1.54, 1.807) is 12.1 Å². The summed E-state index contributed by atoms with van der Waals surface area (Å²) in [6.07, 6.45) is 0. The van der Waals surface area contributed by atoms with Crippen molar-refractivity contribution < 1.29 is 4.79 Å². The Bertz CT molecular complexity index is 570. The van der Waals surface area contributed by atoms with Crippen LogP contribution in [-0.4, -0.2) is 5.91 Å². The molecule has 1 amide bonds. The maximum Gasteiger partial charge on any atom is 0.261 e. The van der Waals surface area contributed by atoms with E-state index in [1.807, 2.05) is 31.2 Å². The van der Waals surface area contributed by atoms with Crippen LogP contribution in [0.2, 0.25) is 4.34 Å². The van der Waals surface area contributed by atoms with E-state index >= 15 is 0 Å². The van der Waals surface area contributed by atoms with Gasteiger partial charge in [0.1, 0.15) is 0 Å². The summed E-state index contributed by atoms with van der Waals surface area (Å²) >= 11 is 10.6. The van der Waals surface area contributed by atoms with Crippen molar-refractivity contribution in [3.8, 4) is 0 Å². The van der Waals surface area contributed by atoms with Gasteiger partial charge in [-0.2, -0.15) is 0 Å². The average molecular weight is 345 g/mol. The molecular formula is C13H11BrClNOS. The van der Waals surface area contributed by atoms with Gasteiger partial charge in [0.25, 0.3) is 5.91 Å². The van der Waals surface area contributed by atoms with Crippen LogP contribution in [0.1, 0.15) is 28.2 Å². The van der Waals surface area contributed by atoms with E-state index < -0.39 is 0 Å². The van der Waals surface area contributed by atoms with Crippen molar-refractivity contribution in [1.29, 1.82) is 0 Å². The van der Waals surface area contributed by atoms with E-state index in [0.717, 1.165) is 10.0 Å². The zero-order valence-electron chi connectivity index (χ0n) is 9.61. The number of benzene rings is 1. The van der Waals surface area contributed by atoms with Crippen molar-refractivity contribution in [3.63, 3.8) is 0 Å². The summed E-state index contributed by atoms with van der Waals surface area (Å²) < 4.78 is 1.61. The number of hydrogen-bond donors (Lipinski definition) is 1. The van der Waals surface area contributed by atoms with Crippen LogP contribution >= 0.6 is 38.9 Å². The highest BCUT2D eigenvalue weighted by molar-refractivity contribution is 9.10. The summed E-state index contributed by atoms with van der Waals surface area (Å²) in [6, 6.07) is 11.2. The molecule has 0 fully saturated rings. The molecule has 0 bridgehead atoms. The van der Waals surface area contributed by atoms with Crippen LogP contribution < -0.4 is 5.32 Å². The van der Waals surface area contributed by atoms with Crippen LogP contribution in [0.3, 0.4) is 0 Å². The van der Waals surface area contributed by atoms with Gasteiger partial charge in [-0.05, 0) is 30.7 Å². The Labute approximate surface area is 123 Å². The maximum absolute atomic E-state index is 12.0. The first-order valence-electron chi connectivity index (χ1n) is 5.38. The maximum atomic E-state index is 12.0. The monoisotopic (exact) mass is 343 g/mol. The Hall–Kier alpha value is -0.840. The highest BCUT2D eigenvalue weighted by Gasteiger charge is 2.14. The molecule has 0 aliphatic rings. The molecule has 2 aromatic rings. The molecule has 1 N–H and O–H groups in total. The third-order valence-electron chi connectivity index (χ3n) is 2.52. The third-order valence-corrected chi connectivity index (χ3v) is 4.47. The van der Waals surface area contributed by atoms with Crippen molar-refractivity contribution in [1.82, 2.24) is 5.32 Å². The fourth-order valence-electron chi connectivity index (χ4n) is 1.61. The molecule has 0 saturated heterocycles. The van der Waals surface area contributed by atoms with Crippen LogP contribution in [0.4, 0.5) is 0 Å². The Morgan fingerprint density at radius 1 is 1.33 bits per heavy atom. The number of nitrogens with one attached hydrogen (secondary N) is 1. The van der Waals surface area contributed by atoms with Gasteiger partial charge in [0, 0.05) is 4.47 Å². The Balaban J connectivity index is 2.10. The number of carbonyl (C=O) groups is 1. The summed E-state index contributed by atoms with van der Waals surface area (Å²) in [6.45, 7) is 1.95. The van der Waals surface area contributed by atoms with Crippen LogP contribution in [-0.2, 0) is 0 Å². The van der Waals surface area contributed by atoms with Crippen molar-refractivity contribution in [2.75, 3.05) is 0 Å². The quantitative estimate of drug-likeness (QED) is 0.862. The zero-order chi connectivity index (χ0) is 13.1. The van der Waals surface area contributed by atoms with Gasteiger partial charge >= 0.3 is 0 Å². The molecule has 1 heterocycles. The summed E-state index contributed by atoms with van der Waals surface area (Å²) in [5.74, 6) is -0.102. The molecular weight excluding hydrogens is 334 g/mol. The molecule has 0 spiro atoms. The van der Waals surface area contributed by atoms with Gasteiger partial charge in [-0.15, -0.1) is 11.3 Å². The lowest BCUT2D eigenvalue weighted by atomic mass is 10.1. The largest absolute Gasteiger partial charge is 0.345 e. The first kappa shape index (κ1) is 13.6. The molecule has 1 unspecified atom stereocenters. The molecule has 94 valence electrons. The highest BCUT2D eigenvalue weighted by Crippen LogP contribution is 2.25. The lowest BCUT2D eigenvalue weighted by Crippen LogP contribution is -2.26. The standard InChI is InChI=1S/C13H11BrClNOS/c1-8(9-4-2-3-5-10(9)14)16-13(17)11-6-7-12(15)18-11/h2-8H,1H3,(H,16,17). The molecule has 1 aromatic carbocycles. The van der Waals surface area contributed by atoms with Crippen molar-refractivity contribution in [2.24, 2.45) is 0 Å². The Morgan fingerprint density at radius 3 is 2.67 bits per heavy atom. The van der Waals surface area contributed by atoms with Gasteiger partial charge in [0.15, 0.2) is 0 Å². The summed E-state index contributed by atoms with van der Waals surface area (Å²) in [7, 11) is 0. The van der Waals surface area contributed by atoms with Crippen molar-refractivity contribution in [3.05, 3.63) is 55.6 Å². The van der Waals surface area contributed by atoms with E-state index in [2.05, 4.69) is 21.2 Å². The Kier molecular flexibility index (Phi) is 4.43. The summed E-state index contributed by atoms with van der Waals surface area (Å²) in [5.41, 5.74) is 1.05. The van der Waals surface area contributed by atoms with Crippen LogP contribution in [0.15, 0.2) is 40.9 Å². The SMILES string of the molecule is CC(NC(=O)c1ccc(Cl)s1)c1ccccc1Br. The number of carbonyl (C=O) groups excluding carboxylic acids is 1. The second-order valence-corrected chi connectivity index (χ2v) is 6.39. The zero-order valence-corrected chi connectivity index (χ0v) is 12.8. The van der Waals surface area contributed by atoms with Crippen LogP contribution in [0.5, 0.6) is 0 Å². The fourth-order valence-corrected chi connectivity index (χ4v) is 3.18.